The van der Waals surface area contributed by atoms with Crippen molar-refractivity contribution in [2.45, 2.75) is 0 Å². The maximum Gasteiger partial charge on any atom is 0.417 e. The smallest absolute Gasteiger partial charge is 0.408 e. The highest BCUT2D eigenvalue weighted by molar-refractivity contribution is 5.79. The first kappa shape index (κ1) is 10.4. The first-order chi connectivity index (χ1) is 8.67. The minimum atomic E-state index is -0.482. The number of hydrogen-bond donors (Lipinski definition) is 1. The van der Waals surface area contributed by atoms with Crippen LogP contribution in [-0.4, -0.2) is 14.8 Å². The highest BCUT2D eigenvalue weighted by Gasteiger charge is 2.09. The van der Waals surface area contributed by atoms with E-state index in [0.29, 0.717) is 16.8 Å². The van der Waals surface area contributed by atoms with Crippen molar-refractivity contribution in [3.05, 3.63) is 40.5 Å². The lowest BCUT2D eigenvalue weighted by atomic mass is 10.1. The van der Waals surface area contributed by atoms with Crippen LogP contribution in [0.4, 0.5) is 0 Å². The van der Waals surface area contributed by atoms with Crippen LogP contribution in [-0.2, 0) is 7.05 Å². The van der Waals surface area contributed by atoms with E-state index in [2.05, 4.69) is 10.1 Å². The number of nitrogens with one attached hydrogen (secondary N) is 1. The van der Waals surface area contributed by atoms with Crippen LogP contribution in [0, 0.1) is 11.3 Å². The lowest BCUT2D eigenvalue weighted by molar-refractivity contribution is 0.555. The summed E-state index contributed by atoms with van der Waals surface area (Å²) in [7, 11) is 1.76. The minimum Gasteiger partial charge on any atom is -0.408 e. The average Bonchev–Trinajstić information content (AvgIpc) is 2.89. The topological polar surface area (TPSA) is 87.6 Å². The fourth-order valence-corrected chi connectivity index (χ4v) is 1.90. The molecule has 0 saturated heterocycles. The van der Waals surface area contributed by atoms with Crippen molar-refractivity contribution in [3.63, 3.8) is 0 Å². The van der Waals surface area contributed by atoms with Crippen molar-refractivity contribution in [2.24, 2.45) is 7.05 Å². The van der Waals surface area contributed by atoms with Crippen LogP contribution < -0.4 is 5.76 Å². The van der Waals surface area contributed by atoms with Gasteiger partial charge >= 0.3 is 5.76 Å². The molecule has 1 N–H and O–H groups in total. The molecule has 0 amide bonds. The van der Waals surface area contributed by atoms with Crippen LogP contribution in [0.2, 0.25) is 0 Å². The van der Waals surface area contributed by atoms with Crippen LogP contribution in [0.3, 0.4) is 0 Å². The molecule has 0 aliphatic rings. The Morgan fingerprint density at radius 3 is 3.00 bits per heavy atom. The molecule has 3 rings (SSSR count). The van der Waals surface area contributed by atoms with Gasteiger partial charge in [0, 0.05) is 18.7 Å². The second-order valence-corrected chi connectivity index (χ2v) is 3.88. The number of nitrogens with zero attached hydrogens (tertiary/aromatic N) is 3. The fourth-order valence-electron chi connectivity index (χ4n) is 1.90. The van der Waals surface area contributed by atoms with E-state index in [9.17, 15) is 4.79 Å². The molecule has 3 aromatic rings. The Bertz CT molecular complexity index is 832. The molecule has 0 saturated carbocycles. The third-order valence-electron chi connectivity index (χ3n) is 2.71. The number of rotatable bonds is 1. The third-order valence-corrected chi connectivity index (χ3v) is 2.71. The molecular weight excluding hydrogens is 232 g/mol. The molecule has 2 aromatic heterocycles. The normalized spacial score (nSPS) is 10.7. The van der Waals surface area contributed by atoms with Crippen molar-refractivity contribution in [1.29, 1.82) is 5.26 Å². The Morgan fingerprint density at radius 1 is 1.44 bits per heavy atom. The van der Waals surface area contributed by atoms with E-state index in [0.717, 1.165) is 11.3 Å². The molecule has 18 heavy (non-hydrogen) atoms. The summed E-state index contributed by atoms with van der Waals surface area (Å²) in [5.74, 6) is -0.482. The van der Waals surface area contributed by atoms with Crippen molar-refractivity contribution in [3.8, 4) is 17.3 Å². The fraction of sp³-hybridized carbons (Fsp3) is 0.0833. The zero-order chi connectivity index (χ0) is 12.7. The van der Waals surface area contributed by atoms with Gasteiger partial charge in [0.2, 0.25) is 0 Å². The molecule has 0 spiro atoms. The second-order valence-electron chi connectivity index (χ2n) is 3.88. The number of nitriles is 1. The van der Waals surface area contributed by atoms with E-state index in [1.165, 1.54) is 0 Å². The van der Waals surface area contributed by atoms with Gasteiger partial charge < -0.3 is 4.42 Å². The predicted octanol–water partition coefficient (Wildman–Crippen LogP) is 1.39. The van der Waals surface area contributed by atoms with Crippen molar-refractivity contribution in [1.82, 2.24) is 14.8 Å². The molecule has 0 atom stereocenters. The Hall–Kier alpha value is -2.81. The molecule has 0 radical (unpaired) electrons. The first-order valence-corrected chi connectivity index (χ1v) is 5.25. The molecule has 2 heterocycles. The average molecular weight is 240 g/mol. The highest BCUT2D eigenvalue weighted by Crippen LogP contribution is 2.23. The van der Waals surface area contributed by atoms with Gasteiger partial charge in [0.1, 0.15) is 6.07 Å². The minimum absolute atomic E-state index is 0.355. The van der Waals surface area contributed by atoms with E-state index < -0.39 is 5.76 Å². The van der Waals surface area contributed by atoms with Gasteiger partial charge in [-0.15, -0.1) is 0 Å². The molecule has 0 fully saturated rings. The summed E-state index contributed by atoms with van der Waals surface area (Å²) in [6.45, 7) is 0. The molecule has 0 bridgehead atoms. The van der Waals surface area contributed by atoms with E-state index in [1.54, 1.807) is 29.9 Å². The summed E-state index contributed by atoms with van der Waals surface area (Å²) < 4.78 is 6.55. The predicted molar refractivity (Wildman–Crippen MR) is 63.8 cm³/mol. The Labute approximate surface area is 101 Å². The zero-order valence-electron chi connectivity index (χ0n) is 9.47. The lowest BCUT2D eigenvalue weighted by Gasteiger charge is -2.00. The zero-order valence-corrected chi connectivity index (χ0v) is 9.47. The Balaban J connectivity index is 2.21. The van der Waals surface area contributed by atoms with Crippen molar-refractivity contribution < 1.29 is 4.42 Å². The third kappa shape index (κ3) is 1.50. The molecular formula is C12H8N4O2. The number of aromatic nitrogens is 3. The van der Waals surface area contributed by atoms with Crippen LogP contribution in [0.5, 0.6) is 0 Å². The highest BCUT2D eigenvalue weighted by atomic mass is 16.4. The number of hydrogen-bond acceptors (Lipinski definition) is 4. The van der Waals surface area contributed by atoms with Gasteiger partial charge in [-0.05, 0) is 18.2 Å². The van der Waals surface area contributed by atoms with Gasteiger partial charge in [0.05, 0.1) is 11.2 Å². The summed E-state index contributed by atoms with van der Waals surface area (Å²) in [6.07, 6.45) is 0. The number of fused-ring (bicyclic) bond motifs is 1. The standard InChI is InChI=1S/C12H8N4O2/c1-16-10(5-8(6-13)15-16)7-2-3-11-9(4-7)14-12(17)18-11/h2-5H,1H3,(H,14,17). The number of aromatic amines is 1. The first-order valence-electron chi connectivity index (χ1n) is 5.25. The van der Waals surface area contributed by atoms with Gasteiger partial charge in [0.15, 0.2) is 11.3 Å². The molecule has 1 aromatic carbocycles. The molecule has 88 valence electrons. The van der Waals surface area contributed by atoms with Gasteiger partial charge in [-0.2, -0.15) is 10.4 Å². The van der Waals surface area contributed by atoms with Gasteiger partial charge in [0.25, 0.3) is 0 Å². The maximum atomic E-state index is 11.1. The van der Waals surface area contributed by atoms with Crippen LogP contribution in [0.25, 0.3) is 22.4 Å². The SMILES string of the molecule is Cn1nc(C#N)cc1-c1ccc2oc(=O)[nH]c2c1. The van der Waals surface area contributed by atoms with Gasteiger partial charge in [-0.1, -0.05) is 0 Å². The van der Waals surface area contributed by atoms with Crippen molar-refractivity contribution >= 4 is 11.1 Å². The largest absolute Gasteiger partial charge is 0.417 e. The van der Waals surface area contributed by atoms with Crippen LogP contribution in [0.15, 0.2) is 33.5 Å². The summed E-state index contributed by atoms with van der Waals surface area (Å²) in [5, 5.41) is 12.9. The number of aryl methyl sites for hydroxylation is 1. The summed E-state index contributed by atoms with van der Waals surface area (Å²) in [5.41, 5.74) is 3.14. The molecule has 0 unspecified atom stereocenters. The second kappa shape index (κ2) is 3.60. The molecule has 6 nitrogen and oxygen atoms in total. The number of H-pyrrole nitrogens is 1. The molecule has 0 aliphatic carbocycles. The van der Waals surface area contributed by atoms with E-state index in [4.69, 9.17) is 9.68 Å². The lowest BCUT2D eigenvalue weighted by Crippen LogP contribution is -1.94. The van der Waals surface area contributed by atoms with E-state index in [-0.39, 0.29) is 0 Å². The molecule has 0 aliphatic heterocycles. The monoisotopic (exact) mass is 240 g/mol. The Morgan fingerprint density at radius 2 is 2.28 bits per heavy atom. The van der Waals surface area contributed by atoms with Crippen molar-refractivity contribution in [2.75, 3.05) is 0 Å². The van der Waals surface area contributed by atoms with Crippen LogP contribution in [0.1, 0.15) is 5.69 Å². The summed E-state index contributed by atoms with van der Waals surface area (Å²) in [6, 6.07) is 9.00. The number of oxazole rings is 1. The number of benzene rings is 1. The Kier molecular flexibility index (Phi) is 2.07. The quantitative estimate of drug-likeness (QED) is 0.696. The molecule has 6 heteroatoms. The summed E-state index contributed by atoms with van der Waals surface area (Å²) in [4.78, 5) is 13.7. The van der Waals surface area contributed by atoms with Crippen LogP contribution >= 0.6 is 0 Å². The van der Waals surface area contributed by atoms with Gasteiger partial charge in [-0.3, -0.25) is 9.67 Å². The van der Waals surface area contributed by atoms with E-state index >= 15 is 0 Å². The van der Waals surface area contributed by atoms with Gasteiger partial charge in [-0.25, -0.2) is 4.79 Å². The maximum absolute atomic E-state index is 11.1. The summed E-state index contributed by atoms with van der Waals surface area (Å²) >= 11 is 0. The van der Waals surface area contributed by atoms with E-state index in [1.807, 2.05) is 12.1 Å².